The van der Waals surface area contributed by atoms with Crippen molar-refractivity contribution in [2.24, 2.45) is 0 Å². The first-order chi connectivity index (χ1) is 12.0. The van der Waals surface area contributed by atoms with Crippen molar-refractivity contribution < 1.29 is 29.2 Å². The second kappa shape index (κ2) is 9.58. The summed E-state index contributed by atoms with van der Waals surface area (Å²) >= 11 is 0. The number of rotatable bonds is 10. The number of hydrogen-bond acceptors (Lipinski definition) is 6. The van der Waals surface area contributed by atoms with Gasteiger partial charge in [0.15, 0.2) is 0 Å². The third kappa shape index (κ3) is 5.57. The number of benzene rings is 2. The number of ether oxygens (including phenoxy) is 4. The Morgan fingerprint density at radius 3 is 2.12 bits per heavy atom. The van der Waals surface area contributed by atoms with Gasteiger partial charge in [0.1, 0.15) is 36.9 Å². The normalized spacial score (nSPS) is 13.6. The smallest absolute Gasteiger partial charge is 0.122 e. The highest BCUT2D eigenvalue weighted by atomic mass is 16.5. The molecule has 0 aliphatic rings. The number of aliphatic hydroxyl groups is 2. The van der Waals surface area contributed by atoms with Crippen LogP contribution in [0.3, 0.4) is 0 Å². The largest absolute Gasteiger partial charge is 0.491 e. The lowest BCUT2D eigenvalue weighted by atomic mass is 10.0. The maximum absolute atomic E-state index is 9.70. The first-order valence-corrected chi connectivity index (χ1v) is 8.18. The molecule has 0 saturated heterocycles. The van der Waals surface area contributed by atoms with E-state index in [0.29, 0.717) is 5.75 Å². The van der Waals surface area contributed by atoms with Crippen LogP contribution in [0.1, 0.15) is 5.56 Å². The molecule has 6 heteroatoms. The molecule has 138 valence electrons. The monoisotopic (exact) mass is 350 g/mol. The van der Waals surface area contributed by atoms with Gasteiger partial charge in [-0.1, -0.05) is 12.1 Å². The fourth-order valence-electron chi connectivity index (χ4n) is 2.55. The van der Waals surface area contributed by atoms with Gasteiger partial charge < -0.3 is 29.2 Å². The van der Waals surface area contributed by atoms with Crippen LogP contribution in [0, 0.1) is 6.92 Å². The molecule has 0 aliphatic heterocycles. The van der Waals surface area contributed by atoms with E-state index in [1.165, 1.54) is 7.11 Å². The lowest BCUT2D eigenvalue weighted by Gasteiger charge is -2.15. The Kier molecular flexibility index (Phi) is 7.46. The summed E-state index contributed by atoms with van der Waals surface area (Å²) in [4.78, 5) is 0. The summed E-state index contributed by atoms with van der Waals surface area (Å²) in [6, 6.07) is 9.56. The number of methoxy groups -OCH3 is 2. The fourth-order valence-corrected chi connectivity index (χ4v) is 2.55. The Morgan fingerprint density at radius 2 is 1.48 bits per heavy atom. The summed E-state index contributed by atoms with van der Waals surface area (Å²) in [6.45, 7) is 2.81. The average molecular weight is 350 g/mol. The van der Waals surface area contributed by atoms with Crippen LogP contribution in [0.5, 0.6) is 11.5 Å². The summed E-state index contributed by atoms with van der Waals surface area (Å²) in [5.74, 6) is 1.41. The van der Waals surface area contributed by atoms with Gasteiger partial charge in [0.25, 0.3) is 0 Å². The quantitative estimate of drug-likeness (QED) is 0.682. The van der Waals surface area contributed by atoms with Crippen molar-refractivity contribution in [3.63, 3.8) is 0 Å². The molecule has 25 heavy (non-hydrogen) atoms. The highest BCUT2D eigenvalue weighted by Crippen LogP contribution is 2.30. The molecule has 2 unspecified atom stereocenters. The van der Waals surface area contributed by atoms with Gasteiger partial charge in [-0.25, -0.2) is 0 Å². The van der Waals surface area contributed by atoms with Crippen molar-refractivity contribution in [3.8, 4) is 11.5 Å². The molecular formula is C19H26O6. The third-order valence-electron chi connectivity index (χ3n) is 3.80. The molecule has 2 aromatic carbocycles. The minimum absolute atomic E-state index is 0.177. The molecule has 6 nitrogen and oxygen atoms in total. The Morgan fingerprint density at radius 1 is 0.840 bits per heavy atom. The van der Waals surface area contributed by atoms with E-state index in [9.17, 15) is 10.2 Å². The number of aliphatic hydroxyl groups excluding tert-OH is 2. The summed E-state index contributed by atoms with van der Waals surface area (Å²) in [5.41, 5.74) is 0.994. The molecule has 0 spiro atoms. The summed E-state index contributed by atoms with van der Waals surface area (Å²) < 4.78 is 21.1. The Labute approximate surface area is 147 Å². The number of fused-ring (bicyclic) bond motifs is 1. The highest BCUT2D eigenvalue weighted by molar-refractivity contribution is 5.88. The van der Waals surface area contributed by atoms with Crippen molar-refractivity contribution in [2.45, 2.75) is 19.1 Å². The topological polar surface area (TPSA) is 77.4 Å². The molecule has 0 amide bonds. The summed E-state index contributed by atoms with van der Waals surface area (Å²) in [5, 5.41) is 21.4. The van der Waals surface area contributed by atoms with E-state index in [2.05, 4.69) is 0 Å². The van der Waals surface area contributed by atoms with Crippen LogP contribution in [0.2, 0.25) is 0 Å². The van der Waals surface area contributed by atoms with E-state index in [4.69, 9.17) is 18.9 Å². The minimum atomic E-state index is -0.658. The van der Waals surface area contributed by atoms with E-state index in [1.54, 1.807) is 7.11 Å². The van der Waals surface area contributed by atoms with Gasteiger partial charge in [0.2, 0.25) is 0 Å². The third-order valence-corrected chi connectivity index (χ3v) is 3.80. The van der Waals surface area contributed by atoms with E-state index in [-0.39, 0.29) is 26.4 Å². The molecule has 0 radical (unpaired) electrons. The molecular weight excluding hydrogens is 324 g/mol. The Bertz CT molecular complexity index is 672. The van der Waals surface area contributed by atoms with Crippen LogP contribution in [0.25, 0.3) is 10.8 Å². The molecule has 0 aliphatic carbocycles. The second-order valence-corrected chi connectivity index (χ2v) is 5.91. The maximum Gasteiger partial charge on any atom is 0.122 e. The molecule has 0 aromatic heterocycles. The lowest BCUT2D eigenvalue weighted by Crippen LogP contribution is -2.22. The zero-order chi connectivity index (χ0) is 18.2. The van der Waals surface area contributed by atoms with Crippen LogP contribution < -0.4 is 9.47 Å². The molecule has 0 bridgehead atoms. The SMILES string of the molecule is COCC(O)COc1ccc2c(C)c(OCC(O)COC)ccc2c1. The van der Waals surface area contributed by atoms with Gasteiger partial charge >= 0.3 is 0 Å². The van der Waals surface area contributed by atoms with Crippen LogP contribution >= 0.6 is 0 Å². The zero-order valence-corrected chi connectivity index (χ0v) is 14.9. The molecule has 0 saturated carbocycles. The molecule has 2 atom stereocenters. The van der Waals surface area contributed by atoms with Crippen LogP contribution in [0.4, 0.5) is 0 Å². The molecule has 2 aromatic rings. The number of hydrogen-bond donors (Lipinski definition) is 2. The van der Waals surface area contributed by atoms with Crippen molar-refractivity contribution in [1.82, 2.24) is 0 Å². The van der Waals surface area contributed by atoms with Gasteiger partial charge in [-0.2, -0.15) is 0 Å². The average Bonchev–Trinajstić information content (AvgIpc) is 2.60. The van der Waals surface area contributed by atoms with Gasteiger partial charge in [-0.05, 0) is 41.5 Å². The van der Waals surface area contributed by atoms with Gasteiger partial charge in [0, 0.05) is 14.2 Å². The van der Waals surface area contributed by atoms with E-state index >= 15 is 0 Å². The fraction of sp³-hybridized carbons (Fsp3) is 0.474. The van der Waals surface area contributed by atoms with Gasteiger partial charge in [-0.15, -0.1) is 0 Å². The minimum Gasteiger partial charge on any atom is -0.491 e. The Balaban J connectivity index is 2.07. The standard InChI is InChI=1S/C19H26O6/c1-13-18-6-5-17(24-11-15(20)9-22-2)8-14(18)4-7-19(13)25-12-16(21)10-23-3/h4-8,15-16,20-21H,9-12H2,1-3H3. The van der Waals surface area contributed by atoms with Gasteiger partial charge in [0.05, 0.1) is 13.2 Å². The molecule has 2 N–H and O–H groups in total. The van der Waals surface area contributed by atoms with Crippen LogP contribution in [0.15, 0.2) is 30.3 Å². The van der Waals surface area contributed by atoms with Crippen LogP contribution in [-0.2, 0) is 9.47 Å². The van der Waals surface area contributed by atoms with E-state index in [0.717, 1.165) is 22.1 Å². The van der Waals surface area contributed by atoms with Crippen molar-refractivity contribution >= 4 is 10.8 Å². The molecule has 2 rings (SSSR count). The lowest BCUT2D eigenvalue weighted by molar-refractivity contribution is 0.0324. The van der Waals surface area contributed by atoms with E-state index in [1.807, 2.05) is 37.3 Å². The highest BCUT2D eigenvalue weighted by Gasteiger charge is 2.10. The molecule has 0 fully saturated rings. The summed E-state index contributed by atoms with van der Waals surface area (Å²) in [6.07, 6.45) is -1.31. The maximum atomic E-state index is 9.70. The van der Waals surface area contributed by atoms with E-state index < -0.39 is 12.2 Å². The van der Waals surface area contributed by atoms with Crippen molar-refractivity contribution in [1.29, 1.82) is 0 Å². The first kappa shape index (κ1) is 19.5. The van der Waals surface area contributed by atoms with Crippen molar-refractivity contribution in [3.05, 3.63) is 35.9 Å². The van der Waals surface area contributed by atoms with Crippen molar-refractivity contribution in [2.75, 3.05) is 40.6 Å². The van der Waals surface area contributed by atoms with Crippen LogP contribution in [-0.4, -0.2) is 63.1 Å². The second-order valence-electron chi connectivity index (χ2n) is 5.91. The summed E-state index contributed by atoms with van der Waals surface area (Å²) in [7, 11) is 3.08. The first-order valence-electron chi connectivity index (χ1n) is 8.18. The predicted molar refractivity (Wildman–Crippen MR) is 95.4 cm³/mol. The zero-order valence-electron chi connectivity index (χ0n) is 14.9. The Hall–Kier alpha value is -1.86. The van der Waals surface area contributed by atoms with Gasteiger partial charge in [-0.3, -0.25) is 0 Å². The predicted octanol–water partition coefficient (Wildman–Crippen LogP) is 1.92. The number of aryl methyl sites for hydroxylation is 1. The molecule has 0 heterocycles.